The first kappa shape index (κ1) is 12.9. The average Bonchev–Trinajstić information content (AvgIpc) is 2.39. The van der Waals surface area contributed by atoms with Crippen LogP contribution in [0.1, 0.15) is 21.5 Å². The Kier molecular flexibility index (Phi) is 3.12. The summed E-state index contributed by atoms with van der Waals surface area (Å²) in [6.45, 7) is 1.46. The molecular formula is C14H11FO4. The summed E-state index contributed by atoms with van der Waals surface area (Å²) in [5.41, 5.74) is 0.126. The van der Waals surface area contributed by atoms with Crippen LogP contribution in [0.5, 0.6) is 17.2 Å². The summed E-state index contributed by atoms with van der Waals surface area (Å²) in [7, 11) is 0. The largest absolute Gasteiger partial charge is 0.508 e. The summed E-state index contributed by atoms with van der Waals surface area (Å²) in [6.07, 6.45) is 0. The van der Waals surface area contributed by atoms with Crippen LogP contribution in [0.3, 0.4) is 0 Å². The van der Waals surface area contributed by atoms with Crippen LogP contribution in [0.4, 0.5) is 4.39 Å². The molecule has 0 bridgehead atoms. The molecule has 0 aliphatic rings. The van der Waals surface area contributed by atoms with Crippen molar-refractivity contribution in [3.8, 4) is 17.2 Å². The first-order valence-corrected chi connectivity index (χ1v) is 5.46. The van der Waals surface area contributed by atoms with E-state index in [9.17, 15) is 19.4 Å². The SMILES string of the molecule is Cc1c(O)ccc(C(=O)c2ccc(O)c(F)c2)c1O. The van der Waals surface area contributed by atoms with Crippen LogP contribution in [0.25, 0.3) is 0 Å². The Morgan fingerprint density at radius 3 is 2.32 bits per heavy atom. The van der Waals surface area contributed by atoms with Crippen molar-refractivity contribution in [1.29, 1.82) is 0 Å². The van der Waals surface area contributed by atoms with Gasteiger partial charge in [-0.05, 0) is 37.3 Å². The van der Waals surface area contributed by atoms with Crippen LogP contribution in [0, 0.1) is 12.7 Å². The van der Waals surface area contributed by atoms with Gasteiger partial charge in [-0.25, -0.2) is 4.39 Å². The Labute approximate surface area is 108 Å². The third-order valence-electron chi connectivity index (χ3n) is 2.86. The van der Waals surface area contributed by atoms with Crippen molar-refractivity contribution in [1.82, 2.24) is 0 Å². The summed E-state index contributed by atoms with van der Waals surface area (Å²) in [6, 6.07) is 5.73. The van der Waals surface area contributed by atoms with Gasteiger partial charge in [-0.1, -0.05) is 0 Å². The van der Waals surface area contributed by atoms with Crippen molar-refractivity contribution in [3.63, 3.8) is 0 Å². The molecular weight excluding hydrogens is 251 g/mol. The lowest BCUT2D eigenvalue weighted by atomic mass is 9.99. The molecule has 0 aliphatic heterocycles. The van der Waals surface area contributed by atoms with Gasteiger partial charge in [-0.2, -0.15) is 0 Å². The van der Waals surface area contributed by atoms with E-state index >= 15 is 0 Å². The molecule has 0 spiro atoms. The third-order valence-corrected chi connectivity index (χ3v) is 2.86. The van der Waals surface area contributed by atoms with Gasteiger partial charge in [0.25, 0.3) is 0 Å². The zero-order valence-electron chi connectivity index (χ0n) is 10.0. The number of hydrogen-bond donors (Lipinski definition) is 3. The van der Waals surface area contributed by atoms with E-state index in [2.05, 4.69) is 0 Å². The van der Waals surface area contributed by atoms with Gasteiger partial charge in [0.2, 0.25) is 0 Å². The molecule has 2 aromatic carbocycles. The minimum atomic E-state index is -0.916. The molecule has 2 rings (SSSR count). The summed E-state index contributed by atoms with van der Waals surface area (Å²) in [4.78, 5) is 12.1. The first-order chi connectivity index (χ1) is 8.91. The van der Waals surface area contributed by atoms with E-state index in [1.807, 2.05) is 0 Å². The van der Waals surface area contributed by atoms with Crippen LogP contribution in [0.15, 0.2) is 30.3 Å². The number of benzene rings is 2. The van der Waals surface area contributed by atoms with E-state index in [4.69, 9.17) is 5.11 Å². The van der Waals surface area contributed by atoms with Gasteiger partial charge in [0.05, 0.1) is 5.56 Å². The minimum absolute atomic E-state index is 0.00399. The smallest absolute Gasteiger partial charge is 0.196 e. The monoisotopic (exact) mass is 262 g/mol. The van der Waals surface area contributed by atoms with Gasteiger partial charge in [0.1, 0.15) is 11.5 Å². The van der Waals surface area contributed by atoms with Crippen LogP contribution in [-0.2, 0) is 0 Å². The fourth-order valence-corrected chi connectivity index (χ4v) is 1.68. The lowest BCUT2D eigenvalue weighted by Gasteiger charge is -2.08. The minimum Gasteiger partial charge on any atom is -0.508 e. The van der Waals surface area contributed by atoms with Gasteiger partial charge in [-0.15, -0.1) is 0 Å². The first-order valence-electron chi connectivity index (χ1n) is 5.46. The molecule has 0 aliphatic carbocycles. The number of aromatic hydroxyl groups is 3. The van der Waals surface area contributed by atoms with Gasteiger partial charge < -0.3 is 15.3 Å². The number of ketones is 1. The highest BCUT2D eigenvalue weighted by Gasteiger charge is 2.18. The molecule has 19 heavy (non-hydrogen) atoms. The number of phenols is 3. The Hall–Kier alpha value is -2.56. The second-order valence-corrected chi connectivity index (χ2v) is 4.10. The molecule has 3 N–H and O–H groups in total. The van der Waals surface area contributed by atoms with E-state index in [-0.39, 0.29) is 28.2 Å². The van der Waals surface area contributed by atoms with E-state index in [1.165, 1.54) is 25.1 Å². The average molecular weight is 262 g/mol. The quantitative estimate of drug-likeness (QED) is 0.726. The summed E-state index contributed by atoms with van der Waals surface area (Å²) >= 11 is 0. The number of carbonyl (C=O) groups excluding carboxylic acids is 1. The second-order valence-electron chi connectivity index (χ2n) is 4.10. The number of halogens is 1. The highest BCUT2D eigenvalue weighted by molar-refractivity contribution is 6.11. The standard InChI is InChI=1S/C14H11FO4/c1-7-11(16)5-3-9(13(7)18)14(19)8-2-4-12(17)10(15)6-8/h2-6,16-18H,1H3. The fraction of sp³-hybridized carbons (Fsp3) is 0.0714. The summed E-state index contributed by atoms with van der Waals surface area (Å²) in [5.74, 6) is -2.55. The lowest BCUT2D eigenvalue weighted by Crippen LogP contribution is -2.03. The Bertz CT molecular complexity index is 665. The molecule has 0 saturated carbocycles. The number of hydrogen-bond acceptors (Lipinski definition) is 4. The van der Waals surface area contributed by atoms with Crippen molar-refractivity contribution in [2.45, 2.75) is 6.92 Å². The van der Waals surface area contributed by atoms with E-state index in [0.29, 0.717) is 0 Å². The van der Waals surface area contributed by atoms with Crippen LogP contribution in [0.2, 0.25) is 0 Å². The molecule has 2 aromatic rings. The molecule has 0 atom stereocenters. The van der Waals surface area contributed by atoms with E-state index in [0.717, 1.165) is 12.1 Å². The molecule has 4 nitrogen and oxygen atoms in total. The molecule has 0 heterocycles. The molecule has 5 heteroatoms. The molecule has 0 radical (unpaired) electrons. The maximum atomic E-state index is 13.2. The lowest BCUT2D eigenvalue weighted by molar-refractivity contribution is 0.103. The highest BCUT2D eigenvalue weighted by atomic mass is 19.1. The van der Waals surface area contributed by atoms with Crippen molar-refractivity contribution < 1.29 is 24.5 Å². The molecule has 98 valence electrons. The number of carbonyl (C=O) groups is 1. The predicted molar refractivity (Wildman–Crippen MR) is 66.0 cm³/mol. The highest BCUT2D eigenvalue weighted by Crippen LogP contribution is 2.31. The number of phenolic OH excluding ortho intramolecular Hbond substituents is 3. The Morgan fingerprint density at radius 1 is 1.05 bits per heavy atom. The van der Waals surface area contributed by atoms with E-state index < -0.39 is 17.3 Å². The zero-order chi connectivity index (χ0) is 14.2. The molecule has 0 saturated heterocycles. The van der Waals surface area contributed by atoms with Crippen molar-refractivity contribution in [3.05, 3.63) is 52.8 Å². The Morgan fingerprint density at radius 2 is 1.68 bits per heavy atom. The van der Waals surface area contributed by atoms with Crippen molar-refractivity contribution in [2.75, 3.05) is 0 Å². The van der Waals surface area contributed by atoms with Gasteiger partial charge in [0, 0.05) is 11.1 Å². The Balaban J connectivity index is 2.50. The maximum absolute atomic E-state index is 13.2. The number of rotatable bonds is 2. The van der Waals surface area contributed by atoms with Crippen molar-refractivity contribution >= 4 is 5.78 Å². The van der Waals surface area contributed by atoms with Gasteiger partial charge in [0.15, 0.2) is 17.3 Å². The van der Waals surface area contributed by atoms with Crippen molar-refractivity contribution in [2.24, 2.45) is 0 Å². The zero-order valence-corrected chi connectivity index (χ0v) is 10.0. The maximum Gasteiger partial charge on any atom is 0.196 e. The molecule has 0 fully saturated rings. The molecule has 0 aromatic heterocycles. The topological polar surface area (TPSA) is 77.8 Å². The van der Waals surface area contributed by atoms with E-state index in [1.54, 1.807) is 0 Å². The molecule has 0 amide bonds. The predicted octanol–water partition coefficient (Wildman–Crippen LogP) is 2.48. The normalized spacial score (nSPS) is 10.4. The summed E-state index contributed by atoms with van der Waals surface area (Å²) in [5, 5.41) is 28.3. The van der Waals surface area contributed by atoms with Crippen LogP contribution < -0.4 is 0 Å². The summed E-state index contributed by atoms with van der Waals surface area (Å²) < 4.78 is 13.2. The van der Waals surface area contributed by atoms with Gasteiger partial charge in [-0.3, -0.25) is 4.79 Å². The fourth-order valence-electron chi connectivity index (χ4n) is 1.68. The van der Waals surface area contributed by atoms with Crippen LogP contribution >= 0.6 is 0 Å². The third kappa shape index (κ3) is 2.22. The molecule has 0 unspecified atom stereocenters. The van der Waals surface area contributed by atoms with Crippen LogP contribution in [-0.4, -0.2) is 21.1 Å². The second kappa shape index (κ2) is 4.61. The van der Waals surface area contributed by atoms with Gasteiger partial charge >= 0.3 is 0 Å².